The molecule has 0 aliphatic rings. The van der Waals surface area contributed by atoms with Crippen LogP contribution in [0.15, 0.2) is 53.0 Å². The summed E-state index contributed by atoms with van der Waals surface area (Å²) in [6.07, 6.45) is 5.09. The lowest BCUT2D eigenvalue weighted by Crippen LogP contribution is -2.07. The standard InChI is InChI=1S/C11H9N7S/c12-9-15-10(18-7-3-6-14-18)17-11(16-9)19-8-4-1-2-5-13-8/h1-7H,(H2,12,15,16,17). The van der Waals surface area contributed by atoms with Gasteiger partial charge >= 0.3 is 0 Å². The van der Waals surface area contributed by atoms with Gasteiger partial charge in [-0.1, -0.05) is 6.07 Å². The highest BCUT2D eigenvalue weighted by atomic mass is 32.2. The van der Waals surface area contributed by atoms with Crippen LogP contribution in [0, 0.1) is 0 Å². The number of nitrogens with two attached hydrogens (primary N) is 1. The molecule has 3 rings (SSSR count). The third kappa shape index (κ3) is 2.68. The Bertz CT molecular complexity index is 669. The van der Waals surface area contributed by atoms with Gasteiger partial charge < -0.3 is 5.73 Å². The normalized spacial score (nSPS) is 10.5. The average Bonchev–Trinajstić information content (AvgIpc) is 2.93. The van der Waals surface area contributed by atoms with Gasteiger partial charge in [0.15, 0.2) is 0 Å². The second-order valence-corrected chi connectivity index (χ2v) is 4.48. The van der Waals surface area contributed by atoms with Crippen LogP contribution in [0.4, 0.5) is 5.95 Å². The van der Waals surface area contributed by atoms with E-state index in [4.69, 9.17) is 5.73 Å². The van der Waals surface area contributed by atoms with Crippen molar-refractivity contribution >= 4 is 17.7 Å². The lowest BCUT2D eigenvalue weighted by Gasteiger charge is -2.03. The Balaban J connectivity index is 1.94. The molecule has 3 aromatic rings. The van der Waals surface area contributed by atoms with Gasteiger partial charge in [0, 0.05) is 18.6 Å². The molecular formula is C11H9N7S. The van der Waals surface area contributed by atoms with Crippen LogP contribution in [-0.2, 0) is 0 Å². The molecule has 0 fully saturated rings. The fourth-order valence-corrected chi connectivity index (χ4v) is 2.11. The Labute approximate surface area is 112 Å². The van der Waals surface area contributed by atoms with Crippen molar-refractivity contribution in [3.05, 3.63) is 42.9 Å². The van der Waals surface area contributed by atoms with Crippen molar-refractivity contribution in [2.24, 2.45) is 0 Å². The smallest absolute Gasteiger partial charge is 0.256 e. The minimum absolute atomic E-state index is 0.152. The number of anilines is 1. The van der Waals surface area contributed by atoms with Crippen molar-refractivity contribution in [2.45, 2.75) is 10.2 Å². The highest BCUT2D eigenvalue weighted by Crippen LogP contribution is 2.22. The number of aromatic nitrogens is 6. The molecule has 2 N–H and O–H groups in total. The number of pyridine rings is 1. The molecule has 0 bridgehead atoms. The molecule has 0 amide bonds. The first-order valence-corrected chi connectivity index (χ1v) is 6.23. The zero-order valence-electron chi connectivity index (χ0n) is 9.71. The van der Waals surface area contributed by atoms with Crippen molar-refractivity contribution < 1.29 is 0 Å². The van der Waals surface area contributed by atoms with Crippen molar-refractivity contribution in [3.63, 3.8) is 0 Å². The lowest BCUT2D eigenvalue weighted by molar-refractivity contribution is 0.764. The summed E-state index contributed by atoms with van der Waals surface area (Å²) in [5.74, 6) is 0.537. The molecular weight excluding hydrogens is 262 g/mol. The minimum Gasteiger partial charge on any atom is -0.368 e. The maximum atomic E-state index is 5.68. The first-order chi connectivity index (χ1) is 9.31. The zero-order valence-corrected chi connectivity index (χ0v) is 10.5. The van der Waals surface area contributed by atoms with E-state index in [1.807, 2.05) is 18.2 Å². The van der Waals surface area contributed by atoms with Gasteiger partial charge in [-0.25, -0.2) is 9.67 Å². The Hall–Kier alpha value is -2.48. The molecule has 3 heterocycles. The first-order valence-electron chi connectivity index (χ1n) is 5.42. The van der Waals surface area contributed by atoms with Crippen LogP contribution in [0.5, 0.6) is 0 Å². The van der Waals surface area contributed by atoms with Crippen molar-refractivity contribution in [3.8, 4) is 5.95 Å². The van der Waals surface area contributed by atoms with Crippen molar-refractivity contribution in [2.75, 3.05) is 5.73 Å². The molecule has 7 nitrogen and oxygen atoms in total. The minimum atomic E-state index is 0.152. The summed E-state index contributed by atoms with van der Waals surface area (Å²) in [5, 5.41) is 5.33. The van der Waals surface area contributed by atoms with Crippen LogP contribution in [-0.4, -0.2) is 29.7 Å². The van der Waals surface area contributed by atoms with Crippen LogP contribution in [0.3, 0.4) is 0 Å². The highest BCUT2D eigenvalue weighted by molar-refractivity contribution is 7.99. The first kappa shape index (κ1) is 11.6. The van der Waals surface area contributed by atoms with E-state index in [0.717, 1.165) is 5.03 Å². The largest absolute Gasteiger partial charge is 0.368 e. The Kier molecular flexibility index (Phi) is 3.07. The van der Waals surface area contributed by atoms with Crippen molar-refractivity contribution in [1.82, 2.24) is 29.7 Å². The van der Waals surface area contributed by atoms with Crippen LogP contribution in [0.1, 0.15) is 0 Å². The summed E-state index contributed by atoms with van der Waals surface area (Å²) in [6, 6.07) is 7.40. The fourth-order valence-electron chi connectivity index (χ4n) is 1.40. The van der Waals surface area contributed by atoms with Gasteiger partial charge in [0.25, 0.3) is 5.95 Å². The van der Waals surface area contributed by atoms with Gasteiger partial charge in [-0.2, -0.15) is 20.1 Å². The molecule has 0 spiro atoms. The highest BCUT2D eigenvalue weighted by Gasteiger charge is 2.08. The van der Waals surface area contributed by atoms with Crippen LogP contribution in [0.2, 0.25) is 0 Å². The lowest BCUT2D eigenvalue weighted by atomic mass is 10.5. The van der Waals surface area contributed by atoms with E-state index < -0.39 is 0 Å². The van der Waals surface area contributed by atoms with Gasteiger partial charge in [-0.3, -0.25) is 0 Å². The average molecular weight is 271 g/mol. The molecule has 0 aliphatic carbocycles. The molecule has 0 aromatic carbocycles. The second-order valence-electron chi connectivity index (χ2n) is 3.50. The van der Waals surface area contributed by atoms with Gasteiger partial charge in [-0.05, 0) is 30.0 Å². The summed E-state index contributed by atoms with van der Waals surface area (Å²) < 4.78 is 1.53. The van der Waals surface area contributed by atoms with Crippen molar-refractivity contribution in [1.29, 1.82) is 0 Å². The number of nitrogens with zero attached hydrogens (tertiary/aromatic N) is 6. The molecule has 0 unspecified atom stereocenters. The van der Waals surface area contributed by atoms with E-state index in [9.17, 15) is 0 Å². The van der Waals surface area contributed by atoms with Crippen LogP contribution < -0.4 is 5.73 Å². The second kappa shape index (κ2) is 5.02. The van der Waals surface area contributed by atoms with E-state index in [1.54, 1.807) is 24.7 Å². The third-order valence-electron chi connectivity index (χ3n) is 2.16. The molecule has 0 saturated heterocycles. The van der Waals surface area contributed by atoms with Gasteiger partial charge in [0.1, 0.15) is 5.03 Å². The molecule has 8 heteroatoms. The van der Waals surface area contributed by atoms with Gasteiger partial charge in [0.2, 0.25) is 11.1 Å². The number of hydrogen-bond donors (Lipinski definition) is 1. The van der Waals surface area contributed by atoms with Gasteiger partial charge in [0.05, 0.1) is 0 Å². The molecule has 0 saturated carbocycles. The summed E-state index contributed by atoms with van der Waals surface area (Å²) in [6.45, 7) is 0. The fraction of sp³-hybridized carbons (Fsp3) is 0. The van der Waals surface area contributed by atoms with Crippen LogP contribution in [0.25, 0.3) is 5.95 Å². The summed E-state index contributed by atoms with van der Waals surface area (Å²) in [4.78, 5) is 16.6. The molecule has 19 heavy (non-hydrogen) atoms. The summed E-state index contributed by atoms with van der Waals surface area (Å²) >= 11 is 1.32. The maximum Gasteiger partial charge on any atom is 0.256 e. The molecule has 0 aliphatic heterocycles. The number of rotatable bonds is 3. The molecule has 94 valence electrons. The zero-order chi connectivity index (χ0) is 13.1. The van der Waals surface area contributed by atoms with Crippen LogP contribution >= 0.6 is 11.8 Å². The van der Waals surface area contributed by atoms with E-state index in [-0.39, 0.29) is 5.95 Å². The molecule has 0 atom stereocenters. The van der Waals surface area contributed by atoms with E-state index in [1.165, 1.54) is 16.4 Å². The molecule has 0 radical (unpaired) electrons. The number of hydrogen-bond acceptors (Lipinski definition) is 7. The SMILES string of the molecule is Nc1nc(Sc2ccccn2)nc(-n2cccn2)n1. The Morgan fingerprint density at radius 3 is 2.74 bits per heavy atom. The monoisotopic (exact) mass is 271 g/mol. The summed E-state index contributed by atoms with van der Waals surface area (Å²) in [5.41, 5.74) is 5.68. The van der Waals surface area contributed by atoms with Gasteiger partial charge in [-0.15, -0.1) is 0 Å². The Morgan fingerprint density at radius 1 is 1.05 bits per heavy atom. The molecule has 3 aromatic heterocycles. The maximum absolute atomic E-state index is 5.68. The van der Waals surface area contributed by atoms with E-state index >= 15 is 0 Å². The predicted molar refractivity (Wildman–Crippen MR) is 69.7 cm³/mol. The predicted octanol–water partition coefficient (Wildman–Crippen LogP) is 1.19. The van der Waals surface area contributed by atoms with E-state index in [2.05, 4.69) is 25.0 Å². The summed E-state index contributed by atoms with van der Waals surface area (Å²) in [7, 11) is 0. The van der Waals surface area contributed by atoms with E-state index in [0.29, 0.717) is 11.1 Å². The number of nitrogen functional groups attached to an aromatic ring is 1. The topological polar surface area (TPSA) is 95.4 Å². The Morgan fingerprint density at radius 2 is 2.00 bits per heavy atom. The quantitative estimate of drug-likeness (QED) is 0.764. The third-order valence-corrected chi connectivity index (χ3v) is 2.98.